The number of likely N-dealkylation sites (N-methyl/N-ethyl adjacent to an activating group) is 1. The summed E-state index contributed by atoms with van der Waals surface area (Å²) in [6.07, 6.45) is 4.58. The number of anilines is 1. The number of amides is 2. The Morgan fingerprint density at radius 1 is 1.27 bits per heavy atom. The van der Waals surface area contributed by atoms with Gasteiger partial charge in [-0.25, -0.2) is 9.97 Å². The molecule has 2 amide bonds. The van der Waals surface area contributed by atoms with Gasteiger partial charge in [0, 0.05) is 20.3 Å². The molecule has 30 heavy (non-hydrogen) atoms. The molecule has 160 valence electrons. The van der Waals surface area contributed by atoms with Gasteiger partial charge in [0.25, 0.3) is 5.91 Å². The summed E-state index contributed by atoms with van der Waals surface area (Å²) in [4.78, 5) is 37.8. The van der Waals surface area contributed by atoms with Crippen molar-refractivity contribution < 1.29 is 14.3 Å². The SMILES string of the molecule is COc1ccccc1NC(=O)c1cnc([C@H]2CCCCN2CC(=O)N(C)C)nc1C. The van der Waals surface area contributed by atoms with Crippen LogP contribution in [0.1, 0.15) is 47.2 Å². The van der Waals surface area contributed by atoms with Crippen LogP contribution in [0.5, 0.6) is 5.75 Å². The van der Waals surface area contributed by atoms with Crippen LogP contribution in [0.2, 0.25) is 0 Å². The number of likely N-dealkylation sites (tertiary alicyclic amines) is 1. The predicted octanol–water partition coefficient (Wildman–Crippen LogP) is 2.66. The molecule has 1 fully saturated rings. The van der Waals surface area contributed by atoms with Crippen LogP contribution in [0.15, 0.2) is 30.5 Å². The average Bonchev–Trinajstić information content (AvgIpc) is 2.74. The van der Waals surface area contributed by atoms with Gasteiger partial charge in [0.1, 0.15) is 11.6 Å². The van der Waals surface area contributed by atoms with Crippen molar-refractivity contribution in [1.29, 1.82) is 0 Å². The Bertz CT molecular complexity index is 915. The maximum Gasteiger partial charge on any atom is 0.259 e. The third kappa shape index (κ3) is 4.94. The number of methoxy groups -OCH3 is 1. The Kier molecular flexibility index (Phi) is 6.99. The molecule has 0 unspecified atom stereocenters. The molecular formula is C22H29N5O3. The highest BCUT2D eigenvalue weighted by Crippen LogP contribution is 2.29. The highest BCUT2D eigenvalue weighted by atomic mass is 16.5. The van der Waals surface area contributed by atoms with Gasteiger partial charge in [-0.1, -0.05) is 18.6 Å². The molecule has 2 aromatic rings. The molecule has 1 aliphatic heterocycles. The van der Waals surface area contributed by atoms with Crippen LogP contribution in [0, 0.1) is 6.92 Å². The first-order chi connectivity index (χ1) is 14.4. The summed E-state index contributed by atoms with van der Waals surface area (Å²) >= 11 is 0. The first kappa shape index (κ1) is 21.7. The van der Waals surface area contributed by atoms with E-state index in [2.05, 4.69) is 20.2 Å². The molecule has 0 radical (unpaired) electrons. The number of carbonyl (C=O) groups is 2. The van der Waals surface area contributed by atoms with E-state index in [0.717, 1.165) is 25.8 Å². The summed E-state index contributed by atoms with van der Waals surface area (Å²) in [5.74, 6) is 1.02. The van der Waals surface area contributed by atoms with Gasteiger partial charge in [-0.05, 0) is 38.4 Å². The van der Waals surface area contributed by atoms with E-state index in [4.69, 9.17) is 4.74 Å². The summed E-state index contributed by atoms with van der Waals surface area (Å²) in [6, 6.07) is 7.22. The molecule has 1 N–H and O–H groups in total. The second kappa shape index (κ2) is 9.67. The van der Waals surface area contributed by atoms with Crippen molar-refractivity contribution in [3.8, 4) is 5.75 Å². The maximum atomic E-state index is 12.8. The van der Waals surface area contributed by atoms with Crippen molar-refractivity contribution in [2.24, 2.45) is 0 Å². The Balaban J connectivity index is 1.78. The highest BCUT2D eigenvalue weighted by Gasteiger charge is 2.29. The minimum atomic E-state index is -0.285. The third-order valence-corrected chi connectivity index (χ3v) is 5.35. The number of benzene rings is 1. The molecule has 1 saturated heterocycles. The van der Waals surface area contributed by atoms with Crippen molar-refractivity contribution >= 4 is 17.5 Å². The van der Waals surface area contributed by atoms with Crippen molar-refractivity contribution in [1.82, 2.24) is 19.8 Å². The van der Waals surface area contributed by atoms with Crippen LogP contribution in [0.4, 0.5) is 5.69 Å². The molecule has 0 saturated carbocycles. The van der Waals surface area contributed by atoms with Crippen molar-refractivity contribution in [2.45, 2.75) is 32.2 Å². The minimum Gasteiger partial charge on any atom is -0.495 e. The maximum absolute atomic E-state index is 12.8. The number of aromatic nitrogens is 2. The largest absolute Gasteiger partial charge is 0.495 e. The van der Waals surface area contributed by atoms with E-state index in [9.17, 15) is 9.59 Å². The van der Waals surface area contributed by atoms with Crippen molar-refractivity contribution in [2.75, 3.05) is 39.6 Å². The van der Waals surface area contributed by atoms with Crippen LogP contribution >= 0.6 is 0 Å². The number of hydrogen-bond donors (Lipinski definition) is 1. The summed E-state index contributed by atoms with van der Waals surface area (Å²) in [7, 11) is 5.08. The number of piperidine rings is 1. The Labute approximate surface area is 177 Å². The number of carbonyl (C=O) groups excluding carboxylic acids is 2. The molecule has 1 atom stereocenters. The lowest BCUT2D eigenvalue weighted by molar-refractivity contribution is -0.130. The summed E-state index contributed by atoms with van der Waals surface area (Å²) in [6.45, 7) is 2.99. The van der Waals surface area contributed by atoms with Gasteiger partial charge in [0.05, 0.1) is 36.6 Å². The third-order valence-electron chi connectivity index (χ3n) is 5.35. The fourth-order valence-corrected chi connectivity index (χ4v) is 3.59. The van der Waals surface area contributed by atoms with Crippen LogP contribution in [-0.2, 0) is 4.79 Å². The number of aryl methyl sites for hydroxylation is 1. The predicted molar refractivity (Wildman–Crippen MR) is 115 cm³/mol. The van der Waals surface area contributed by atoms with Crippen LogP contribution in [0.25, 0.3) is 0 Å². The molecule has 8 heteroatoms. The number of nitrogens with one attached hydrogen (secondary N) is 1. The van der Waals surface area contributed by atoms with Gasteiger partial charge in [0.15, 0.2) is 0 Å². The zero-order valence-corrected chi connectivity index (χ0v) is 18.0. The lowest BCUT2D eigenvalue weighted by atomic mass is 10.0. The standard InChI is InChI=1S/C22H29N5O3/c1-15-16(22(29)25-17-9-5-6-11-19(17)30-4)13-23-21(24-15)18-10-7-8-12-27(18)14-20(28)26(2)3/h5-6,9,11,13,18H,7-8,10,12,14H2,1-4H3,(H,25,29)/t18-/m1/s1. The number of rotatable bonds is 6. The first-order valence-corrected chi connectivity index (χ1v) is 10.1. The number of para-hydroxylation sites is 2. The number of ether oxygens (including phenoxy) is 1. The van der Waals surface area contributed by atoms with E-state index in [1.807, 2.05) is 12.1 Å². The Morgan fingerprint density at radius 2 is 2.03 bits per heavy atom. The highest BCUT2D eigenvalue weighted by molar-refractivity contribution is 6.05. The monoisotopic (exact) mass is 411 g/mol. The van der Waals surface area contributed by atoms with E-state index in [1.54, 1.807) is 51.4 Å². The normalized spacial score (nSPS) is 16.7. The van der Waals surface area contributed by atoms with Crippen molar-refractivity contribution in [3.63, 3.8) is 0 Å². The van der Waals surface area contributed by atoms with E-state index in [1.165, 1.54) is 0 Å². The molecule has 3 rings (SSSR count). The summed E-state index contributed by atoms with van der Waals surface area (Å²) < 4.78 is 5.29. The van der Waals surface area contributed by atoms with Gasteiger partial charge < -0.3 is 15.0 Å². The van der Waals surface area contributed by atoms with Crippen molar-refractivity contribution in [3.05, 3.63) is 47.5 Å². The average molecular weight is 412 g/mol. The topological polar surface area (TPSA) is 87.7 Å². The Hall–Kier alpha value is -3.00. The number of nitrogens with zero attached hydrogens (tertiary/aromatic N) is 4. The fraction of sp³-hybridized carbons (Fsp3) is 0.455. The van der Waals surface area contributed by atoms with Gasteiger partial charge in [-0.2, -0.15) is 0 Å². The molecule has 1 aromatic carbocycles. The fourth-order valence-electron chi connectivity index (χ4n) is 3.59. The van der Waals surface area contributed by atoms with Gasteiger partial charge in [-0.15, -0.1) is 0 Å². The van der Waals surface area contributed by atoms with E-state index >= 15 is 0 Å². The smallest absolute Gasteiger partial charge is 0.259 e. The van der Waals surface area contributed by atoms with E-state index in [-0.39, 0.29) is 17.9 Å². The summed E-state index contributed by atoms with van der Waals surface area (Å²) in [5, 5.41) is 2.86. The van der Waals surface area contributed by atoms with E-state index in [0.29, 0.717) is 35.1 Å². The molecular weight excluding hydrogens is 382 g/mol. The number of hydrogen-bond acceptors (Lipinski definition) is 6. The zero-order valence-electron chi connectivity index (χ0n) is 18.0. The van der Waals surface area contributed by atoms with Crippen LogP contribution in [-0.4, -0.2) is 65.9 Å². The van der Waals surface area contributed by atoms with Gasteiger partial charge in [-0.3, -0.25) is 14.5 Å². The molecule has 0 aliphatic carbocycles. The molecule has 1 aliphatic rings. The quantitative estimate of drug-likeness (QED) is 0.786. The lowest BCUT2D eigenvalue weighted by Gasteiger charge is -2.34. The molecule has 1 aromatic heterocycles. The molecule has 0 spiro atoms. The molecule has 0 bridgehead atoms. The van der Waals surface area contributed by atoms with Gasteiger partial charge in [0.2, 0.25) is 5.91 Å². The van der Waals surface area contributed by atoms with E-state index < -0.39 is 0 Å². The second-order valence-corrected chi connectivity index (χ2v) is 7.65. The van der Waals surface area contributed by atoms with Crippen LogP contribution in [0.3, 0.4) is 0 Å². The zero-order chi connectivity index (χ0) is 21.7. The summed E-state index contributed by atoms with van der Waals surface area (Å²) in [5.41, 5.74) is 1.61. The Morgan fingerprint density at radius 3 is 2.73 bits per heavy atom. The first-order valence-electron chi connectivity index (χ1n) is 10.1. The second-order valence-electron chi connectivity index (χ2n) is 7.65. The van der Waals surface area contributed by atoms with Gasteiger partial charge >= 0.3 is 0 Å². The molecule has 2 heterocycles. The lowest BCUT2D eigenvalue weighted by Crippen LogP contribution is -2.41. The molecule has 8 nitrogen and oxygen atoms in total. The van der Waals surface area contributed by atoms with Crippen LogP contribution < -0.4 is 10.1 Å². The minimum absolute atomic E-state index is 0.0207.